The van der Waals surface area contributed by atoms with Crippen molar-refractivity contribution >= 4 is 5.65 Å². The molecule has 3 heterocycles. The zero-order valence-corrected chi connectivity index (χ0v) is 14.0. The van der Waals surface area contributed by atoms with Crippen molar-refractivity contribution in [2.24, 2.45) is 0 Å². The zero-order chi connectivity index (χ0) is 16.4. The SMILES string of the molecule is COc1cc2ncc(-c3ccc(CN4CCCCC4)cc3)cn2n1. The van der Waals surface area contributed by atoms with Crippen LogP contribution in [0.15, 0.2) is 42.7 Å². The number of benzene rings is 1. The first kappa shape index (κ1) is 15.1. The van der Waals surface area contributed by atoms with Gasteiger partial charge in [0.2, 0.25) is 5.88 Å². The summed E-state index contributed by atoms with van der Waals surface area (Å²) in [6.45, 7) is 3.50. The lowest BCUT2D eigenvalue weighted by Gasteiger charge is -2.26. The maximum atomic E-state index is 5.16. The molecule has 1 aliphatic rings. The fourth-order valence-corrected chi connectivity index (χ4v) is 3.28. The van der Waals surface area contributed by atoms with E-state index in [2.05, 4.69) is 39.2 Å². The monoisotopic (exact) mass is 322 g/mol. The minimum Gasteiger partial charge on any atom is -0.480 e. The molecular formula is C19H22N4O. The first-order chi connectivity index (χ1) is 11.8. The van der Waals surface area contributed by atoms with Gasteiger partial charge in [0.15, 0.2) is 5.65 Å². The van der Waals surface area contributed by atoms with E-state index in [4.69, 9.17) is 4.74 Å². The summed E-state index contributed by atoms with van der Waals surface area (Å²) in [5.74, 6) is 0.580. The van der Waals surface area contributed by atoms with Gasteiger partial charge in [-0.2, -0.15) is 0 Å². The van der Waals surface area contributed by atoms with Crippen LogP contribution >= 0.6 is 0 Å². The van der Waals surface area contributed by atoms with Crippen molar-refractivity contribution in [1.29, 1.82) is 0 Å². The molecule has 0 aliphatic carbocycles. The van der Waals surface area contributed by atoms with E-state index >= 15 is 0 Å². The summed E-state index contributed by atoms with van der Waals surface area (Å²) in [6.07, 6.45) is 7.91. The Labute approximate surface area is 141 Å². The third-order valence-corrected chi connectivity index (χ3v) is 4.64. The third-order valence-electron chi connectivity index (χ3n) is 4.64. The molecule has 2 aromatic heterocycles. The van der Waals surface area contributed by atoms with E-state index in [-0.39, 0.29) is 0 Å². The topological polar surface area (TPSA) is 42.7 Å². The highest BCUT2D eigenvalue weighted by molar-refractivity contribution is 5.63. The minimum absolute atomic E-state index is 0.580. The highest BCUT2D eigenvalue weighted by atomic mass is 16.5. The van der Waals surface area contributed by atoms with Crippen LogP contribution in [-0.4, -0.2) is 39.7 Å². The Bertz CT molecular complexity index is 819. The highest BCUT2D eigenvalue weighted by Gasteiger charge is 2.10. The molecule has 5 nitrogen and oxygen atoms in total. The predicted molar refractivity (Wildman–Crippen MR) is 94.1 cm³/mol. The van der Waals surface area contributed by atoms with Gasteiger partial charge in [-0.3, -0.25) is 4.90 Å². The van der Waals surface area contributed by atoms with Crippen molar-refractivity contribution in [3.8, 4) is 17.0 Å². The Morgan fingerprint density at radius 3 is 2.58 bits per heavy atom. The van der Waals surface area contributed by atoms with Gasteiger partial charge in [0.1, 0.15) is 0 Å². The van der Waals surface area contributed by atoms with Crippen LogP contribution in [0.3, 0.4) is 0 Å². The van der Waals surface area contributed by atoms with Crippen LogP contribution in [0.2, 0.25) is 0 Å². The standard InChI is InChI=1S/C19H22N4O/c1-24-19-11-18-20-12-17(14-23(18)21-19)16-7-5-15(6-8-16)13-22-9-3-2-4-10-22/h5-8,11-12,14H,2-4,9-10,13H2,1H3. The maximum absolute atomic E-state index is 5.16. The molecule has 0 unspecified atom stereocenters. The number of aromatic nitrogens is 3. The summed E-state index contributed by atoms with van der Waals surface area (Å²) in [5.41, 5.74) is 4.37. The molecular weight excluding hydrogens is 300 g/mol. The van der Waals surface area contributed by atoms with E-state index < -0.39 is 0 Å². The number of likely N-dealkylation sites (tertiary alicyclic amines) is 1. The normalized spacial score (nSPS) is 15.7. The molecule has 4 rings (SSSR count). The molecule has 1 aliphatic heterocycles. The molecule has 124 valence electrons. The highest BCUT2D eigenvalue weighted by Crippen LogP contribution is 2.21. The second-order valence-corrected chi connectivity index (χ2v) is 6.37. The molecule has 0 amide bonds. The van der Waals surface area contributed by atoms with Crippen LogP contribution in [0.25, 0.3) is 16.8 Å². The van der Waals surface area contributed by atoms with Gasteiger partial charge in [0.05, 0.1) is 7.11 Å². The summed E-state index contributed by atoms with van der Waals surface area (Å²) in [6, 6.07) is 10.6. The van der Waals surface area contributed by atoms with Gasteiger partial charge in [-0.25, -0.2) is 9.50 Å². The van der Waals surface area contributed by atoms with Gasteiger partial charge >= 0.3 is 0 Å². The summed E-state index contributed by atoms with van der Waals surface area (Å²) in [4.78, 5) is 7.00. The number of hydrogen-bond donors (Lipinski definition) is 0. The number of rotatable bonds is 4. The van der Waals surface area contributed by atoms with Crippen LogP contribution in [0.1, 0.15) is 24.8 Å². The molecule has 0 bridgehead atoms. The largest absolute Gasteiger partial charge is 0.480 e. The van der Waals surface area contributed by atoms with E-state index in [0.717, 1.165) is 23.3 Å². The molecule has 1 aromatic carbocycles. The van der Waals surface area contributed by atoms with Crippen molar-refractivity contribution in [2.45, 2.75) is 25.8 Å². The lowest BCUT2D eigenvalue weighted by molar-refractivity contribution is 0.221. The van der Waals surface area contributed by atoms with Crippen molar-refractivity contribution in [1.82, 2.24) is 19.5 Å². The number of methoxy groups -OCH3 is 1. The fourth-order valence-electron chi connectivity index (χ4n) is 3.28. The van der Waals surface area contributed by atoms with Gasteiger partial charge in [-0.05, 0) is 37.1 Å². The number of ether oxygens (including phenoxy) is 1. The number of hydrogen-bond acceptors (Lipinski definition) is 4. The number of fused-ring (bicyclic) bond motifs is 1. The molecule has 1 fully saturated rings. The van der Waals surface area contributed by atoms with Crippen molar-refractivity contribution < 1.29 is 4.74 Å². The average molecular weight is 322 g/mol. The first-order valence-corrected chi connectivity index (χ1v) is 8.53. The molecule has 5 heteroatoms. The first-order valence-electron chi connectivity index (χ1n) is 8.53. The summed E-state index contributed by atoms with van der Waals surface area (Å²) >= 11 is 0. The van der Waals surface area contributed by atoms with E-state index in [1.165, 1.54) is 37.9 Å². The fraction of sp³-hybridized carbons (Fsp3) is 0.368. The van der Waals surface area contributed by atoms with E-state index in [1.54, 1.807) is 11.6 Å². The Hall–Kier alpha value is -2.40. The molecule has 0 spiro atoms. The molecule has 0 radical (unpaired) electrons. The minimum atomic E-state index is 0.580. The van der Waals surface area contributed by atoms with Crippen LogP contribution in [0, 0.1) is 0 Å². The van der Waals surface area contributed by atoms with Crippen LogP contribution in [-0.2, 0) is 6.54 Å². The Kier molecular flexibility index (Phi) is 4.17. The quantitative estimate of drug-likeness (QED) is 0.738. The molecule has 0 N–H and O–H groups in total. The summed E-state index contributed by atoms with van der Waals surface area (Å²) < 4.78 is 6.92. The third kappa shape index (κ3) is 3.12. The van der Waals surface area contributed by atoms with Crippen molar-refractivity contribution in [3.63, 3.8) is 0 Å². The molecule has 3 aromatic rings. The average Bonchev–Trinajstić information content (AvgIpc) is 3.05. The number of nitrogens with zero attached hydrogens (tertiary/aromatic N) is 4. The van der Waals surface area contributed by atoms with Crippen LogP contribution < -0.4 is 4.74 Å². The Morgan fingerprint density at radius 1 is 1.04 bits per heavy atom. The second-order valence-electron chi connectivity index (χ2n) is 6.37. The summed E-state index contributed by atoms with van der Waals surface area (Å²) in [5, 5.41) is 4.34. The molecule has 24 heavy (non-hydrogen) atoms. The van der Waals surface area contributed by atoms with Gasteiger partial charge in [-0.1, -0.05) is 30.7 Å². The van der Waals surface area contributed by atoms with Gasteiger partial charge in [0.25, 0.3) is 0 Å². The van der Waals surface area contributed by atoms with E-state index in [0.29, 0.717) is 5.88 Å². The maximum Gasteiger partial charge on any atom is 0.235 e. The molecule has 1 saturated heterocycles. The lowest BCUT2D eigenvalue weighted by atomic mass is 10.1. The molecule has 0 saturated carbocycles. The Morgan fingerprint density at radius 2 is 1.83 bits per heavy atom. The lowest BCUT2D eigenvalue weighted by Crippen LogP contribution is -2.28. The summed E-state index contributed by atoms with van der Waals surface area (Å²) in [7, 11) is 1.61. The predicted octanol–water partition coefficient (Wildman–Crippen LogP) is 3.39. The van der Waals surface area contributed by atoms with Crippen molar-refractivity contribution in [3.05, 3.63) is 48.3 Å². The van der Waals surface area contributed by atoms with Gasteiger partial charge in [-0.15, -0.1) is 5.10 Å². The van der Waals surface area contributed by atoms with Gasteiger partial charge < -0.3 is 4.74 Å². The zero-order valence-electron chi connectivity index (χ0n) is 14.0. The molecule has 0 atom stereocenters. The van der Waals surface area contributed by atoms with Crippen LogP contribution in [0.4, 0.5) is 0 Å². The Balaban J connectivity index is 1.53. The second kappa shape index (κ2) is 6.61. The van der Waals surface area contributed by atoms with E-state index in [9.17, 15) is 0 Å². The van der Waals surface area contributed by atoms with E-state index in [1.807, 2.05) is 18.5 Å². The van der Waals surface area contributed by atoms with Crippen molar-refractivity contribution in [2.75, 3.05) is 20.2 Å². The number of piperidine rings is 1. The smallest absolute Gasteiger partial charge is 0.235 e. The van der Waals surface area contributed by atoms with Gasteiger partial charge in [0, 0.05) is 30.6 Å². The van der Waals surface area contributed by atoms with Crippen LogP contribution in [0.5, 0.6) is 5.88 Å².